The van der Waals surface area contributed by atoms with Gasteiger partial charge in [0.15, 0.2) is 0 Å². The Morgan fingerprint density at radius 3 is 2.86 bits per heavy atom. The number of furan rings is 1. The lowest BCUT2D eigenvalue weighted by molar-refractivity contribution is -0.0362. The maximum Gasteiger partial charge on any atom is 0.135 e. The van der Waals surface area contributed by atoms with Crippen LogP contribution in [0.25, 0.3) is 0 Å². The van der Waals surface area contributed by atoms with Gasteiger partial charge in [-0.25, -0.2) is 0 Å². The van der Waals surface area contributed by atoms with E-state index in [1.165, 1.54) is 0 Å². The molecule has 0 aromatic carbocycles. The number of rotatable bonds is 2. The topological polar surface area (TPSA) is 22.4 Å². The van der Waals surface area contributed by atoms with Crippen LogP contribution in [0.3, 0.4) is 0 Å². The van der Waals surface area contributed by atoms with Crippen molar-refractivity contribution in [2.75, 3.05) is 4.43 Å². The zero-order chi connectivity index (χ0) is 10.2. The van der Waals surface area contributed by atoms with Crippen LogP contribution >= 0.6 is 22.6 Å². The summed E-state index contributed by atoms with van der Waals surface area (Å²) in [6.07, 6.45) is 2.60. The van der Waals surface area contributed by atoms with Crippen molar-refractivity contribution in [1.82, 2.24) is 0 Å². The molecule has 0 bridgehead atoms. The third-order valence-electron chi connectivity index (χ3n) is 2.80. The fraction of sp³-hybridized carbons (Fsp3) is 0.636. The minimum Gasteiger partial charge on any atom is -0.463 e. The fourth-order valence-electron chi connectivity index (χ4n) is 1.93. The Hall–Kier alpha value is -0.0300. The minimum absolute atomic E-state index is 0.190. The second-order valence-electron chi connectivity index (χ2n) is 4.07. The average Bonchev–Trinajstić information content (AvgIpc) is 2.73. The van der Waals surface area contributed by atoms with Gasteiger partial charge in [-0.15, -0.1) is 0 Å². The normalized spacial score (nSPS) is 32.4. The lowest BCUT2D eigenvalue weighted by Gasteiger charge is -2.21. The van der Waals surface area contributed by atoms with Crippen LogP contribution in [0.5, 0.6) is 0 Å². The molecule has 1 aromatic heterocycles. The van der Waals surface area contributed by atoms with Crippen LogP contribution in [0, 0.1) is 6.92 Å². The molecule has 0 aliphatic carbocycles. The van der Waals surface area contributed by atoms with Gasteiger partial charge in [0.05, 0.1) is 6.10 Å². The molecule has 2 heterocycles. The van der Waals surface area contributed by atoms with Gasteiger partial charge in [0, 0.05) is 4.43 Å². The zero-order valence-corrected chi connectivity index (χ0v) is 10.7. The lowest BCUT2D eigenvalue weighted by Crippen LogP contribution is -2.22. The van der Waals surface area contributed by atoms with Gasteiger partial charge >= 0.3 is 0 Å². The molecule has 0 N–H and O–H groups in total. The average molecular weight is 306 g/mol. The van der Waals surface area contributed by atoms with E-state index in [-0.39, 0.29) is 5.60 Å². The van der Waals surface area contributed by atoms with Crippen molar-refractivity contribution in [3.8, 4) is 0 Å². The quantitative estimate of drug-likeness (QED) is 0.617. The van der Waals surface area contributed by atoms with E-state index < -0.39 is 0 Å². The van der Waals surface area contributed by atoms with Crippen molar-refractivity contribution in [2.24, 2.45) is 0 Å². The Morgan fingerprint density at radius 1 is 1.57 bits per heavy atom. The van der Waals surface area contributed by atoms with Crippen molar-refractivity contribution in [3.05, 3.63) is 23.7 Å². The van der Waals surface area contributed by atoms with Gasteiger partial charge in [0.2, 0.25) is 0 Å². The van der Waals surface area contributed by atoms with Crippen molar-refractivity contribution < 1.29 is 9.15 Å². The summed E-state index contributed by atoms with van der Waals surface area (Å²) < 4.78 is 12.7. The number of halogens is 1. The maximum atomic E-state index is 6.00. The van der Waals surface area contributed by atoms with E-state index in [0.29, 0.717) is 6.10 Å². The molecule has 0 saturated carbocycles. The Labute approximate surface area is 98.1 Å². The molecule has 1 fully saturated rings. The Balaban J connectivity index is 2.18. The summed E-state index contributed by atoms with van der Waals surface area (Å²) in [5.41, 5.74) is -0.190. The summed E-state index contributed by atoms with van der Waals surface area (Å²) in [7, 11) is 0. The Bertz CT molecular complexity index is 321. The van der Waals surface area contributed by atoms with Crippen LogP contribution in [0.15, 0.2) is 16.5 Å². The van der Waals surface area contributed by atoms with Crippen molar-refractivity contribution >= 4 is 22.6 Å². The van der Waals surface area contributed by atoms with E-state index in [9.17, 15) is 0 Å². The van der Waals surface area contributed by atoms with Gasteiger partial charge in [-0.05, 0) is 38.8 Å². The molecule has 0 radical (unpaired) electrons. The largest absolute Gasteiger partial charge is 0.463 e. The van der Waals surface area contributed by atoms with Crippen LogP contribution in [0.1, 0.15) is 31.3 Å². The molecule has 0 amide bonds. The molecule has 2 rings (SSSR count). The monoisotopic (exact) mass is 306 g/mol. The number of ether oxygens (including phenoxy) is 1. The SMILES string of the molecule is Cc1ccc(C2(C)CCC(CI)O2)o1. The predicted molar refractivity (Wildman–Crippen MR) is 63.8 cm³/mol. The number of hydrogen-bond acceptors (Lipinski definition) is 2. The number of hydrogen-bond donors (Lipinski definition) is 0. The minimum atomic E-state index is -0.190. The van der Waals surface area contributed by atoms with Gasteiger partial charge in [0.25, 0.3) is 0 Å². The molecule has 78 valence electrons. The van der Waals surface area contributed by atoms with Crippen LogP contribution in [-0.2, 0) is 10.3 Å². The van der Waals surface area contributed by atoms with Crippen LogP contribution in [0.4, 0.5) is 0 Å². The summed E-state index contributed by atoms with van der Waals surface area (Å²) in [5, 5.41) is 0. The van der Waals surface area contributed by atoms with E-state index in [0.717, 1.165) is 28.8 Å². The third-order valence-corrected chi connectivity index (χ3v) is 3.79. The summed E-state index contributed by atoms with van der Waals surface area (Å²) in [4.78, 5) is 0. The molecule has 2 atom stereocenters. The van der Waals surface area contributed by atoms with Gasteiger partial charge < -0.3 is 9.15 Å². The van der Waals surface area contributed by atoms with E-state index >= 15 is 0 Å². The summed E-state index contributed by atoms with van der Waals surface area (Å²) in [6.45, 7) is 4.09. The maximum absolute atomic E-state index is 6.00. The van der Waals surface area contributed by atoms with Crippen LogP contribution in [0.2, 0.25) is 0 Å². The predicted octanol–water partition coefficient (Wildman–Crippen LogP) is 3.42. The highest BCUT2D eigenvalue weighted by Gasteiger charge is 2.39. The first-order valence-corrected chi connectivity index (χ1v) is 6.47. The first-order valence-electron chi connectivity index (χ1n) is 4.95. The lowest BCUT2D eigenvalue weighted by atomic mass is 9.99. The number of aryl methyl sites for hydroxylation is 1. The van der Waals surface area contributed by atoms with E-state index in [1.54, 1.807) is 0 Å². The smallest absolute Gasteiger partial charge is 0.135 e. The molecule has 1 aliphatic heterocycles. The van der Waals surface area contributed by atoms with E-state index in [1.807, 2.05) is 19.1 Å². The molecule has 2 unspecified atom stereocenters. The zero-order valence-electron chi connectivity index (χ0n) is 8.55. The summed E-state index contributed by atoms with van der Waals surface area (Å²) >= 11 is 2.38. The first kappa shape index (κ1) is 10.5. The standard InChI is InChI=1S/C11H15IO2/c1-8-3-4-10(13-8)11(2)6-5-9(7-12)14-11/h3-4,9H,5-7H2,1-2H3. The molecule has 1 aromatic rings. The second-order valence-corrected chi connectivity index (χ2v) is 4.95. The third kappa shape index (κ3) is 1.84. The van der Waals surface area contributed by atoms with Gasteiger partial charge in [-0.3, -0.25) is 0 Å². The molecule has 2 nitrogen and oxygen atoms in total. The molecular weight excluding hydrogens is 291 g/mol. The van der Waals surface area contributed by atoms with Crippen LogP contribution in [-0.4, -0.2) is 10.5 Å². The molecule has 14 heavy (non-hydrogen) atoms. The first-order chi connectivity index (χ1) is 6.64. The highest BCUT2D eigenvalue weighted by Crippen LogP contribution is 2.40. The van der Waals surface area contributed by atoms with Crippen molar-refractivity contribution in [2.45, 2.75) is 38.4 Å². The molecular formula is C11H15IO2. The summed E-state index contributed by atoms with van der Waals surface area (Å²) in [5.74, 6) is 1.94. The van der Waals surface area contributed by atoms with Gasteiger partial charge in [0.1, 0.15) is 17.1 Å². The summed E-state index contributed by atoms with van der Waals surface area (Å²) in [6, 6.07) is 4.03. The van der Waals surface area contributed by atoms with Crippen LogP contribution < -0.4 is 0 Å². The Kier molecular flexibility index (Phi) is 2.88. The fourth-order valence-corrected chi connectivity index (χ4v) is 2.55. The molecule has 1 aliphatic rings. The second kappa shape index (κ2) is 3.85. The molecule has 1 saturated heterocycles. The molecule has 3 heteroatoms. The highest BCUT2D eigenvalue weighted by molar-refractivity contribution is 14.1. The van der Waals surface area contributed by atoms with E-state index in [4.69, 9.17) is 9.15 Å². The number of alkyl halides is 1. The van der Waals surface area contributed by atoms with E-state index in [2.05, 4.69) is 29.5 Å². The van der Waals surface area contributed by atoms with Crippen molar-refractivity contribution in [3.63, 3.8) is 0 Å². The van der Waals surface area contributed by atoms with Gasteiger partial charge in [-0.2, -0.15) is 0 Å². The molecule has 0 spiro atoms. The Morgan fingerprint density at radius 2 is 2.36 bits per heavy atom. The highest BCUT2D eigenvalue weighted by atomic mass is 127. The van der Waals surface area contributed by atoms with Gasteiger partial charge in [-0.1, -0.05) is 22.6 Å². The van der Waals surface area contributed by atoms with Crippen molar-refractivity contribution in [1.29, 1.82) is 0 Å².